The molecule has 0 radical (unpaired) electrons. The normalized spacial score (nSPS) is 10.2. The van der Waals surface area contributed by atoms with Crippen molar-refractivity contribution in [2.24, 2.45) is 0 Å². The molecule has 0 aliphatic rings. The number of carbonyl (C=O) groups excluding carboxylic acids is 1. The van der Waals surface area contributed by atoms with E-state index in [0.717, 1.165) is 35.0 Å². The van der Waals surface area contributed by atoms with Gasteiger partial charge in [0.25, 0.3) is 5.91 Å². The number of hydrogen-bond acceptors (Lipinski definition) is 1. The Labute approximate surface area is 106 Å². The summed E-state index contributed by atoms with van der Waals surface area (Å²) >= 11 is 3.42. The topological polar surface area (TPSA) is 20.3 Å². The molecular weight excluding hydrogens is 266 g/mol. The first-order chi connectivity index (χ1) is 7.56. The second kappa shape index (κ2) is 6.04. The largest absolute Gasteiger partial charge is 0.342 e. The number of amides is 1. The summed E-state index contributed by atoms with van der Waals surface area (Å²) in [6.45, 7) is 4.94. The van der Waals surface area contributed by atoms with Gasteiger partial charge in [0.2, 0.25) is 0 Å². The van der Waals surface area contributed by atoms with Crippen molar-refractivity contribution in [2.45, 2.75) is 26.7 Å². The highest BCUT2D eigenvalue weighted by Gasteiger charge is 2.14. The zero-order valence-corrected chi connectivity index (χ0v) is 11.7. The van der Waals surface area contributed by atoms with Crippen LogP contribution in [-0.4, -0.2) is 24.4 Å². The number of rotatable bonds is 4. The Morgan fingerprint density at radius 2 is 2.12 bits per heavy atom. The molecule has 1 amide bonds. The minimum atomic E-state index is 0.0871. The molecule has 0 saturated heterocycles. The van der Waals surface area contributed by atoms with E-state index in [1.165, 1.54) is 0 Å². The van der Waals surface area contributed by atoms with Crippen molar-refractivity contribution in [3.05, 3.63) is 33.8 Å². The molecule has 3 heteroatoms. The maximum Gasteiger partial charge on any atom is 0.254 e. The molecule has 1 rings (SSSR count). The second-order valence-electron chi connectivity index (χ2n) is 4.06. The Balaban J connectivity index is 2.83. The summed E-state index contributed by atoms with van der Waals surface area (Å²) in [5.41, 5.74) is 1.86. The van der Waals surface area contributed by atoms with E-state index >= 15 is 0 Å². The van der Waals surface area contributed by atoms with Gasteiger partial charge in [0.1, 0.15) is 0 Å². The SMILES string of the molecule is CCCCN(C)C(=O)c1cc(C)ccc1Br. The van der Waals surface area contributed by atoms with Crippen molar-refractivity contribution >= 4 is 21.8 Å². The molecule has 0 fully saturated rings. The van der Waals surface area contributed by atoms with Crippen molar-refractivity contribution in [1.82, 2.24) is 4.90 Å². The molecule has 0 spiro atoms. The Kier molecular flexibility index (Phi) is 5.00. The van der Waals surface area contributed by atoms with Crippen molar-refractivity contribution in [2.75, 3.05) is 13.6 Å². The quantitative estimate of drug-likeness (QED) is 0.826. The molecule has 0 N–H and O–H groups in total. The zero-order chi connectivity index (χ0) is 12.1. The van der Waals surface area contributed by atoms with Gasteiger partial charge in [-0.1, -0.05) is 25.0 Å². The molecule has 0 unspecified atom stereocenters. The maximum atomic E-state index is 12.1. The molecule has 0 bridgehead atoms. The van der Waals surface area contributed by atoms with Gasteiger partial charge in [0, 0.05) is 18.1 Å². The lowest BCUT2D eigenvalue weighted by Crippen LogP contribution is -2.28. The molecule has 1 aromatic rings. The van der Waals surface area contributed by atoms with Gasteiger partial charge in [-0.3, -0.25) is 4.79 Å². The first-order valence-electron chi connectivity index (χ1n) is 5.58. The van der Waals surface area contributed by atoms with E-state index in [2.05, 4.69) is 22.9 Å². The third-order valence-electron chi connectivity index (χ3n) is 2.55. The molecule has 0 aliphatic carbocycles. The number of aryl methyl sites for hydroxylation is 1. The van der Waals surface area contributed by atoms with Crippen molar-refractivity contribution < 1.29 is 4.79 Å². The summed E-state index contributed by atoms with van der Waals surface area (Å²) in [7, 11) is 1.85. The lowest BCUT2D eigenvalue weighted by atomic mass is 10.1. The molecule has 2 nitrogen and oxygen atoms in total. The maximum absolute atomic E-state index is 12.1. The fourth-order valence-electron chi connectivity index (χ4n) is 1.51. The van der Waals surface area contributed by atoms with E-state index in [1.54, 1.807) is 4.90 Å². The highest BCUT2D eigenvalue weighted by atomic mass is 79.9. The number of hydrogen-bond donors (Lipinski definition) is 0. The lowest BCUT2D eigenvalue weighted by molar-refractivity contribution is 0.0792. The molecule has 88 valence electrons. The summed E-state index contributed by atoms with van der Waals surface area (Å²) in [4.78, 5) is 13.9. The molecule has 0 aliphatic heterocycles. The third kappa shape index (κ3) is 3.34. The van der Waals surface area contributed by atoms with Gasteiger partial charge in [-0.05, 0) is 41.4 Å². The minimum Gasteiger partial charge on any atom is -0.342 e. The number of nitrogens with zero attached hydrogens (tertiary/aromatic N) is 1. The van der Waals surface area contributed by atoms with Gasteiger partial charge >= 0.3 is 0 Å². The summed E-state index contributed by atoms with van der Waals surface area (Å²) < 4.78 is 0.867. The van der Waals surface area contributed by atoms with Crippen LogP contribution < -0.4 is 0 Å². The number of carbonyl (C=O) groups is 1. The van der Waals surface area contributed by atoms with Crippen LogP contribution in [0.5, 0.6) is 0 Å². The van der Waals surface area contributed by atoms with Crippen LogP contribution in [0.4, 0.5) is 0 Å². The van der Waals surface area contributed by atoms with Gasteiger partial charge in [-0.15, -0.1) is 0 Å². The summed E-state index contributed by atoms with van der Waals surface area (Å²) in [6, 6.07) is 5.85. The van der Waals surface area contributed by atoms with E-state index in [0.29, 0.717) is 0 Å². The highest BCUT2D eigenvalue weighted by molar-refractivity contribution is 9.10. The standard InChI is InChI=1S/C13H18BrNO/c1-4-5-8-15(3)13(16)11-9-10(2)6-7-12(11)14/h6-7,9H,4-5,8H2,1-3H3. The van der Waals surface area contributed by atoms with Crippen molar-refractivity contribution in [3.8, 4) is 0 Å². The van der Waals surface area contributed by atoms with Crippen molar-refractivity contribution in [1.29, 1.82) is 0 Å². The van der Waals surface area contributed by atoms with Crippen LogP contribution in [-0.2, 0) is 0 Å². The number of unbranched alkanes of at least 4 members (excludes halogenated alkanes) is 1. The fourth-order valence-corrected chi connectivity index (χ4v) is 1.92. The molecule has 1 aromatic carbocycles. The van der Waals surface area contributed by atoms with Crippen LogP contribution in [0.3, 0.4) is 0 Å². The van der Waals surface area contributed by atoms with Crippen LogP contribution in [0, 0.1) is 6.92 Å². The smallest absolute Gasteiger partial charge is 0.254 e. The molecule has 0 aromatic heterocycles. The Morgan fingerprint density at radius 3 is 2.75 bits per heavy atom. The van der Waals surface area contributed by atoms with E-state index in [4.69, 9.17) is 0 Å². The fraction of sp³-hybridized carbons (Fsp3) is 0.462. The highest BCUT2D eigenvalue weighted by Crippen LogP contribution is 2.19. The average molecular weight is 284 g/mol. The molecule has 16 heavy (non-hydrogen) atoms. The van der Waals surface area contributed by atoms with Gasteiger partial charge in [-0.25, -0.2) is 0 Å². The van der Waals surface area contributed by atoms with E-state index in [9.17, 15) is 4.79 Å². The summed E-state index contributed by atoms with van der Waals surface area (Å²) in [5.74, 6) is 0.0871. The van der Waals surface area contributed by atoms with E-state index in [1.807, 2.05) is 32.2 Å². The Hall–Kier alpha value is -0.830. The number of halogens is 1. The van der Waals surface area contributed by atoms with Gasteiger partial charge in [-0.2, -0.15) is 0 Å². The molecule has 0 atom stereocenters. The monoisotopic (exact) mass is 283 g/mol. The number of benzene rings is 1. The van der Waals surface area contributed by atoms with E-state index < -0.39 is 0 Å². The molecule has 0 saturated carbocycles. The van der Waals surface area contributed by atoms with Crippen LogP contribution in [0.15, 0.2) is 22.7 Å². The Bertz CT molecular complexity index is 376. The summed E-state index contributed by atoms with van der Waals surface area (Å²) in [5, 5.41) is 0. The molecule has 0 heterocycles. The van der Waals surface area contributed by atoms with Crippen molar-refractivity contribution in [3.63, 3.8) is 0 Å². The Morgan fingerprint density at radius 1 is 1.44 bits per heavy atom. The van der Waals surface area contributed by atoms with Gasteiger partial charge < -0.3 is 4.90 Å². The lowest BCUT2D eigenvalue weighted by Gasteiger charge is -2.17. The van der Waals surface area contributed by atoms with E-state index in [-0.39, 0.29) is 5.91 Å². The summed E-state index contributed by atoms with van der Waals surface area (Å²) in [6.07, 6.45) is 2.15. The zero-order valence-electron chi connectivity index (χ0n) is 10.1. The van der Waals surface area contributed by atoms with Crippen LogP contribution in [0.1, 0.15) is 35.7 Å². The first-order valence-corrected chi connectivity index (χ1v) is 6.37. The van der Waals surface area contributed by atoms with Gasteiger partial charge in [0.15, 0.2) is 0 Å². The van der Waals surface area contributed by atoms with Crippen LogP contribution in [0.2, 0.25) is 0 Å². The van der Waals surface area contributed by atoms with Gasteiger partial charge in [0.05, 0.1) is 5.56 Å². The predicted octanol–water partition coefficient (Wildman–Crippen LogP) is 3.63. The van der Waals surface area contributed by atoms with Crippen LogP contribution >= 0.6 is 15.9 Å². The third-order valence-corrected chi connectivity index (χ3v) is 3.24. The average Bonchev–Trinajstić information content (AvgIpc) is 2.28. The van der Waals surface area contributed by atoms with Crippen LogP contribution in [0.25, 0.3) is 0 Å². The minimum absolute atomic E-state index is 0.0871. The molecular formula is C13H18BrNO. The predicted molar refractivity (Wildman–Crippen MR) is 70.7 cm³/mol. The second-order valence-corrected chi connectivity index (χ2v) is 4.92. The first kappa shape index (κ1) is 13.2.